The van der Waals surface area contributed by atoms with Gasteiger partial charge in [-0.1, -0.05) is 0 Å². The molecule has 6 heteroatoms. The fraction of sp³-hybridized carbons (Fsp3) is 0.615. The monoisotopic (exact) mass is 261 g/mol. The highest BCUT2D eigenvalue weighted by molar-refractivity contribution is 5.02. The molecule has 19 heavy (non-hydrogen) atoms. The molecule has 2 aromatic heterocycles. The van der Waals surface area contributed by atoms with E-state index in [4.69, 9.17) is 4.42 Å². The lowest BCUT2D eigenvalue weighted by Crippen LogP contribution is -2.34. The lowest BCUT2D eigenvalue weighted by molar-refractivity contribution is 0.178. The van der Waals surface area contributed by atoms with Crippen LogP contribution in [-0.4, -0.2) is 37.7 Å². The molecular weight excluding hydrogens is 242 g/mol. The summed E-state index contributed by atoms with van der Waals surface area (Å²) in [5, 5.41) is 7.94. The molecule has 0 aromatic carbocycles. The summed E-state index contributed by atoms with van der Waals surface area (Å²) in [6, 6.07) is 0. The highest BCUT2D eigenvalue weighted by Gasteiger charge is 2.25. The largest absolute Gasteiger partial charge is 0.424 e. The van der Waals surface area contributed by atoms with Crippen LogP contribution in [0.3, 0.4) is 0 Å². The maximum absolute atomic E-state index is 5.45. The minimum atomic E-state index is 0.498. The molecule has 2 aromatic rings. The number of rotatable bonds is 3. The molecular formula is C13H19N5O. The van der Waals surface area contributed by atoms with E-state index in [-0.39, 0.29) is 0 Å². The fourth-order valence-electron chi connectivity index (χ4n) is 2.77. The van der Waals surface area contributed by atoms with Crippen LogP contribution in [0, 0.1) is 6.92 Å². The topological polar surface area (TPSA) is 60.0 Å². The van der Waals surface area contributed by atoms with Crippen LogP contribution in [0.2, 0.25) is 0 Å². The number of hydrogen-bond acceptors (Lipinski definition) is 5. The van der Waals surface area contributed by atoms with Gasteiger partial charge in [-0.25, -0.2) is 4.98 Å². The van der Waals surface area contributed by atoms with Crippen LogP contribution < -0.4 is 0 Å². The van der Waals surface area contributed by atoms with E-state index in [1.807, 2.05) is 19.3 Å². The van der Waals surface area contributed by atoms with Gasteiger partial charge in [0.2, 0.25) is 11.8 Å². The molecule has 0 unspecified atom stereocenters. The number of piperidine rings is 1. The zero-order valence-corrected chi connectivity index (χ0v) is 11.4. The summed E-state index contributed by atoms with van der Waals surface area (Å²) >= 11 is 0. The van der Waals surface area contributed by atoms with Crippen LogP contribution >= 0.6 is 0 Å². The number of aromatic nitrogens is 4. The quantitative estimate of drug-likeness (QED) is 0.837. The van der Waals surface area contributed by atoms with Crippen LogP contribution in [0.15, 0.2) is 16.8 Å². The number of likely N-dealkylation sites (tertiary alicyclic amines) is 1. The Kier molecular flexibility index (Phi) is 3.33. The minimum Gasteiger partial charge on any atom is -0.424 e. The highest BCUT2D eigenvalue weighted by atomic mass is 16.4. The lowest BCUT2D eigenvalue weighted by atomic mass is 9.97. The Bertz CT molecular complexity index is 547. The maximum atomic E-state index is 5.45. The van der Waals surface area contributed by atoms with Crippen molar-refractivity contribution in [2.75, 3.05) is 13.1 Å². The van der Waals surface area contributed by atoms with Gasteiger partial charge in [-0.3, -0.25) is 4.90 Å². The van der Waals surface area contributed by atoms with Crippen molar-refractivity contribution in [1.29, 1.82) is 0 Å². The van der Waals surface area contributed by atoms with Gasteiger partial charge in [0.05, 0.1) is 6.54 Å². The molecule has 1 fully saturated rings. The van der Waals surface area contributed by atoms with Gasteiger partial charge in [-0.05, 0) is 19.4 Å². The average Bonchev–Trinajstić information content (AvgIpc) is 2.99. The molecule has 0 aliphatic carbocycles. The Balaban J connectivity index is 1.66. The standard InChI is InChI=1S/C13H19N5O/c1-10-15-16-12(19-10)9-18-6-3-4-11(8-18)13-14-5-7-17(13)2/h5,7,11H,3-4,6,8-9H2,1-2H3/t11-/m1/s1. The summed E-state index contributed by atoms with van der Waals surface area (Å²) in [6.45, 7) is 4.65. The van der Waals surface area contributed by atoms with Crippen molar-refractivity contribution >= 4 is 0 Å². The number of hydrogen-bond donors (Lipinski definition) is 0. The number of imidazole rings is 1. The summed E-state index contributed by atoms with van der Waals surface area (Å²) < 4.78 is 7.57. The zero-order valence-electron chi connectivity index (χ0n) is 11.4. The summed E-state index contributed by atoms with van der Waals surface area (Å²) in [5.74, 6) is 3.01. The molecule has 0 N–H and O–H groups in total. The fourth-order valence-corrected chi connectivity index (χ4v) is 2.77. The van der Waals surface area contributed by atoms with E-state index >= 15 is 0 Å². The third-order valence-corrected chi connectivity index (χ3v) is 3.66. The average molecular weight is 261 g/mol. The van der Waals surface area contributed by atoms with Crippen molar-refractivity contribution < 1.29 is 4.42 Å². The Labute approximate surface area is 112 Å². The smallest absolute Gasteiger partial charge is 0.230 e. The predicted octanol–water partition coefficient (Wildman–Crippen LogP) is 1.49. The predicted molar refractivity (Wildman–Crippen MR) is 69.5 cm³/mol. The van der Waals surface area contributed by atoms with Crippen molar-refractivity contribution in [1.82, 2.24) is 24.6 Å². The molecule has 3 heterocycles. The Morgan fingerprint density at radius 1 is 1.42 bits per heavy atom. The van der Waals surface area contributed by atoms with E-state index in [1.54, 1.807) is 0 Å². The van der Waals surface area contributed by atoms with E-state index in [2.05, 4.69) is 31.7 Å². The molecule has 0 radical (unpaired) electrons. The van der Waals surface area contributed by atoms with Crippen molar-refractivity contribution in [3.8, 4) is 0 Å². The number of nitrogens with zero attached hydrogens (tertiary/aromatic N) is 5. The molecule has 1 saturated heterocycles. The highest BCUT2D eigenvalue weighted by Crippen LogP contribution is 2.26. The van der Waals surface area contributed by atoms with Crippen molar-refractivity contribution in [3.63, 3.8) is 0 Å². The molecule has 1 aliphatic heterocycles. The summed E-state index contributed by atoms with van der Waals surface area (Å²) in [4.78, 5) is 6.84. The van der Waals surface area contributed by atoms with Gasteiger partial charge in [0.25, 0.3) is 0 Å². The first-order valence-corrected chi connectivity index (χ1v) is 6.71. The molecule has 1 atom stereocenters. The normalized spacial score (nSPS) is 20.8. The van der Waals surface area contributed by atoms with Gasteiger partial charge < -0.3 is 8.98 Å². The van der Waals surface area contributed by atoms with Crippen molar-refractivity contribution in [2.24, 2.45) is 7.05 Å². The molecule has 0 amide bonds. The van der Waals surface area contributed by atoms with Gasteiger partial charge in [0.15, 0.2) is 0 Å². The Morgan fingerprint density at radius 2 is 2.32 bits per heavy atom. The van der Waals surface area contributed by atoms with Crippen molar-refractivity contribution in [3.05, 3.63) is 30.0 Å². The molecule has 3 rings (SSSR count). The Morgan fingerprint density at radius 3 is 3.00 bits per heavy atom. The SMILES string of the molecule is Cc1nnc(CN2CCC[C@@H](c3nccn3C)C2)o1. The molecule has 0 spiro atoms. The van der Waals surface area contributed by atoms with Gasteiger partial charge in [-0.2, -0.15) is 0 Å². The molecule has 102 valence electrons. The van der Waals surface area contributed by atoms with E-state index in [1.165, 1.54) is 18.7 Å². The first-order chi connectivity index (χ1) is 9.22. The molecule has 0 saturated carbocycles. The summed E-state index contributed by atoms with van der Waals surface area (Å²) in [5.41, 5.74) is 0. The number of aryl methyl sites for hydroxylation is 2. The van der Waals surface area contributed by atoms with E-state index in [0.29, 0.717) is 17.7 Å². The summed E-state index contributed by atoms with van der Waals surface area (Å²) in [6.07, 6.45) is 6.26. The molecule has 6 nitrogen and oxygen atoms in total. The first kappa shape index (κ1) is 12.3. The van der Waals surface area contributed by atoms with Gasteiger partial charge >= 0.3 is 0 Å². The molecule has 0 bridgehead atoms. The first-order valence-electron chi connectivity index (χ1n) is 6.71. The maximum Gasteiger partial charge on any atom is 0.230 e. The Hall–Kier alpha value is -1.69. The third-order valence-electron chi connectivity index (χ3n) is 3.66. The van der Waals surface area contributed by atoms with E-state index in [0.717, 1.165) is 19.6 Å². The minimum absolute atomic E-state index is 0.498. The molecule has 1 aliphatic rings. The van der Waals surface area contributed by atoms with Crippen LogP contribution in [0.1, 0.15) is 36.4 Å². The van der Waals surface area contributed by atoms with E-state index in [9.17, 15) is 0 Å². The second-order valence-corrected chi connectivity index (χ2v) is 5.19. The van der Waals surface area contributed by atoms with Gasteiger partial charge in [-0.15, -0.1) is 10.2 Å². The van der Waals surface area contributed by atoms with Crippen molar-refractivity contribution in [2.45, 2.75) is 32.2 Å². The van der Waals surface area contributed by atoms with Gasteiger partial charge in [0, 0.05) is 38.8 Å². The lowest BCUT2D eigenvalue weighted by Gasteiger charge is -2.31. The second-order valence-electron chi connectivity index (χ2n) is 5.19. The van der Waals surface area contributed by atoms with Crippen LogP contribution in [0.25, 0.3) is 0 Å². The third kappa shape index (κ3) is 2.68. The van der Waals surface area contributed by atoms with Crippen LogP contribution in [0.5, 0.6) is 0 Å². The van der Waals surface area contributed by atoms with E-state index < -0.39 is 0 Å². The van der Waals surface area contributed by atoms with Crippen LogP contribution in [-0.2, 0) is 13.6 Å². The summed E-state index contributed by atoms with van der Waals surface area (Å²) in [7, 11) is 2.06. The van der Waals surface area contributed by atoms with Gasteiger partial charge in [0.1, 0.15) is 5.82 Å². The van der Waals surface area contributed by atoms with Crippen LogP contribution in [0.4, 0.5) is 0 Å². The zero-order chi connectivity index (χ0) is 13.2. The second kappa shape index (κ2) is 5.13.